The zero-order chi connectivity index (χ0) is 11.8. The van der Waals surface area contributed by atoms with Gasteiger partial charge in [-0.3, -0.25) is 9.59 Å². The number of rotatable bonds is 1. The van der Waals surface area contributed by atoms with E-state index in [-0.39, 0.29) is 17.4 Å². The van der Waals surface area contributed by atoms with E-state index in [2.05, 4.69) is 14.9 Å². The van der Waals surface area contributed by atoms with Crippen molar-refractivity contribution in [3.63, 3.8) is 0 Å². The van der Waals surface area contributed by atoms with Crippen molar-refractivity contribution in [3.05, 3.63) is 41.6 Å². The lowest BCUT2D eigenvalue weighted by Gasteiger charge is -2.19. The van der Waals surface area contributed by atoms with E-state index < -0.39 is 5.92 Å². The number of carbonyl (C=O) groups excluding carboxylic acids is 2. The molecule has 1 amide bonds. The van der Waals surface area contributed by atoms with E-state index >= 15 is 0 Å². The first-order chi connectivity index (χ1) is 8.27. The third-order valence-electron chi connectivity index (χ3n) is 2.62. The van der Waals surface area contributed by atoms with Crippen LogP contribution in [0.4, 0.5) is 5.00 Å². The predicted molar refractivity (Wildman–Crippen MR) is 62.1 cm³/mol. The summed E-state index contributed by atoms with van der Waals surface area (Å²) in [6, 6.07) is 8.94. The van der Waals surface area contributed by atoms with Gasteiger partial charge in [-0.2, -0.15) is 0 Å². The molecule has 6 heteroatoms. The summed E-state index contributed by atoms with van der Waals surface area (Å²) in [5, 5.41) is 6.84. The van der Waals surface area contributed by atoms with Gasteiger partial charge in [-0.15, -0.1) is 5.10 Å². The van der Waals surface area contributed by atoms with Crippen LogP contribution in [-0.2, 0) is 4.79 Å². The van der Waals surface area contributed by atoms with Gasteiger partial charge < -0.3 is 5.32 Å². The number of Topliss-reactive ketones (excluding diaryl/α,β-unsaturated/α-hetero) is 1. The van der Waals surface area contributed by atoms with Crippen molar-refractivity contribution < 1.29 is 9.59 Å². The number of carbonyl (C=O) groups is 2. The number of benzene rings is 1. The Hall–Kier alpha value is -2.08. The second-order valence-electron chi connectivity index (χ2n) is 3.65. The molecule has 0 bridgehead atoms. The van der Waals surface area contributed by atoms with Crippen LogP contribution in [0.3, 0.4) is 0 Å². The molecule has 0 unspecified atom stereocenters. The standard InChI is InChI=1S/C11H7N3O2S/c15-9-7(6-4-2-1-3-5-6)10(16)12-11-8(9)13-14-17-11/h1-5,7H,(H,12,16)/t7-/m0/s1. The zero-order valence-electron chi connectivity index (χ0n) is 8.58. The van der Waals surface area contributed by atoms with Crippen LogP contribution in [0.25, 0.3) is 0 Å². The van der Waals surface area contributed by atoms with E-state index in [0.717, 1.165) is 11.5 Å². The molecule has 3 rings (SSSR count). The molecule has 0 saturated carbocycles. The van der Waals surface area contributed by atoms with Crippen LogP contribution in [-0.4, -0.2) is 21.3 Å². The maximum Gasteiger partial charge on any atom is 0.240 e. The number of hydrogen-bond donors (Lipinski definition) is 1. The van der Waals surface area contributed by atoms with Gasteiger partial charge in [0.05, 0.1) is 0 Å². The Balaban J connectivity index is 2.08. The number of nitrogens with zero attached hydrogens (tertiary/aromatic N) is 2. The number of anilines is 1. The summed E-state index contributed by atoms with van der Waals surface area (Å²) in [4.78, 5) is 24.0. The van der Waals surface area contributed by atoms with Crippen molar-refractivity contribution in [1.29, 1.82) is 0 Å². The van der Waals surface area contributed by atoms with Crippen molar-refractivity contribution in [2.45, 2.75) is 5.92 Å². The average molecular weight is 245 g/mol. The number of amides is 1. The second kappa shape index (κ2) is 3.74. The van der Waals surface area contributed by atoms with Gasteiger partial charge in [0.15, 0.2) is 5.69 Å². The molecule has 17 heavy (non-hydrogen) atoms. The lowest BCUT2D eigenvalue weighted by Crippen LogP contribution is -2.33. The SMILES string of the molecule is O=C1Nc2snnc2C(=O)[C@@H]1c1ccccc1. The van der Waals surface area contributed by atoms with Gasteiger partial charge in [0.1, 0.15) is 10.9 Å². The van der Waals surface area contributed by atoms with Gasteiger partial charge >= 0.3 is 0 Å². The van der Waals surface area contributed by atoms with Crippen molar-refractivity contribution in [2.75, 3.05) is 5.32 Å². The summed E-state index contributed by atoms with van der Waals surface area (Å²) >= 11 is 1.02. The average Bonchev–Trinajstić information content (AvgIpc) is 2.78. The molecule has 5 nitrogen and oxygen atoms in total. The Bertz CT molecular complexity index is 594. The molecule has 0 saturated heterocycles. The number of nitrogens with one attached hydrogen (secondary N) is 1. The van der Waals surface area contributed by atoms with Crippen LogP contribution < -0.4 is 5.32 Å². The molecular formula is C11H7N3O2S. The van der Waals surface area contributed by atoms with E-state index in [0.29, 0.717) is 10.6 Å². The minimum Gasteiger partial charge on any atom is -0.314 e. The monoisotopic (exact) mass is 245 g/mol. The highest BCUT2D eigenvalue weighted by Crippen LogP contribution is 2.31. The van der Waals surface area contributed by atoms with Gasteiger partial charge in [0.2, 0.25) is 11.7 Å². The molecule has 84 valence electrons. The molecule has 1 N–H and O–H groups in total. The molecule has 0 fully saturated rings. The summed E-state index contributed by atoms with van der Waals surface area (Å²) in [5.41, 5.74) is 0.928. The number of ketones is 1. The lowest BCUT2D eigenvalue weighted by atomic mass is 9.90. The normalized spacial score (nSPS) is 18.7. The third-order valence-corrected chi connectivity index (χ3v) is 3.26. The minimum atomic E-state index is -0.812. The first kappa shape index (κ1) is 10.1. The molecule has 0 aliphatic carbocycles. The fourth-order valence-electron chi connectivity index (χ4n) is 1.82. The molecule has 2 heterocycles. The maximum atomic E-state index is 12.1. The van der Waals surface area contributed by atoms with Crippen LogP contribution in [0, 0.1) is 0 Å². The minimum absolute atomic E-state index is 0.253. The first-order valence-corrected chi connectivity index (χ1v) is 5.77. The molecular weight excluding hydrogens is 238 g/mol. The maximum absolute atomic E-state index is 12.1. The fraction of sp³-hybridized carbons (Fsp3) is 0.0909. The lowest BCUT2D eigenvalue weighted by molar-refractivity contribution is -0.116. The smallest absolute Gasteiger partial charge is 0.240 e. The van der Waals surface area contributed by atoms with E-state index in [1.165, 1.54) is 0 Å². The van der Waals surface area contributed by atoms with Crippen molar-refractivity contribution in [3.8, 4) is 0 Å². The van der Waals surface area contributed by atoms with Crippen LogP contribution in [0.1, 0.15) is 22.0 Å². The van der Waals surface area contributed by atoms with Gasteiger partial charge in [-0.25, -0.2) is 0 Å². The predicted octanol–water partition coefficient (Wildman–Crippen LogP) is 1.46. The van der Waals surface area contributed by atoms with Gasteiger partial charge in [0, 0.05) is 11.5 Å². The van der Waals surface area contributed by atoms with Crippen LogP contribution in [0.15, 0.2) is 30.3 Å². The molecule has 1 aromatic heterocycles. The second-order valence-corrected chi connectivity index (χ2v) is 4.40. The van der Waals surface area contributed by atoms with Crippen molar-refractivity contribution in [2.24, 2.45) is 0 Å². The summed E-state index contributed by atoms with van der Waals surface area (Å²) in [7, 11) is 0. The summed E-state index contributed by atoms with van der Waals surface area (Å²) in [6.07, 6.45) is 0. The molecule has 1 aromatic carbocycles. The summed E-state index contributed by atoms with van der Waals surface area (Å²) < 4.78 is 3.67. The highest BCUT2D eigenvalue weighted by atomic mass is 32.1. The van der Waals surface area contributed by atoms with Crippen LogP contribution >= 0.6 is 11.5 Å². The molecule has 2 aromatic rings. The fourth-order valence-corrected chi connectivity index (χ4v) is 2.40. The topological polar surface area (TPSA) is 72.0 Å². The van der Waals surface area contributed by atoms with Crippen molar-refractivity contribution in [1.82, 2.24) is 9.59 Å². The summed E-state index contributed by atoms with van der Waals surface area (Å²) in [5.74, 6) is -1.42. The molecule has 1 aliphatic rings. The largest absolute Gasteiger partial charge is 0.314 e. The molecule has 1 atom stereocenters. The quantitative estimate of drug-likeness (QED) is 0.772. The Morgan fingerprint density at radius 3 is 2.71 bits per heavy atom. The first-order valence-electron chi connectivity index (χ1n) is 5.00. The zero-order valence-corrected chi connectivity index (χ0v) is 9.40. The van der Waals surface area contributed by atoms with Crippen LogP contribution in [0.2, 0.25) is 0 Å². The van der Waals surface area contributed by atoms with E-state index in [9.17, 15) is 9.59 Å². The van der Waals surface area contributed by atoms with Gasteiger partial charge in [0.25, 0.3) is 0 Å². The summed E-state index contributed by atoms with van der Waals surface area (Å²) in [6.45, 7) is 0. The molecule has 1 aliphatic heterocycles. The molecule has 0 radical (unpaired) electrons. The number of aromatic nitrogens is 2. The van der Waals surface area contributed by atoms with Gasteiger partial charge in [-0.1, -0.05) is 34.8 Å². The van der Waals surface area contributed by atoms with Crippen molar-refractivity contribution >= 4 is 28.2 Å². The number of hydrogen-bond acceptors (Lipinski definition) is 5. The Morgan fingerprint density at radius 1 is 1.18 bits per heavy atom. The highest BCUT2D eigenvalue weighted by molar-refractivity contribution is 7.10. The van der Waals surface area contributed by atoms with Crippen LogP contribution in [0.5, 0.6) is 0 Å². The Kier molecular flexibility index (Phi) is 2.22. The molecule has 0 spiro atoms. The van der Waals surface area contributed by atoms with E-state index in [4.69, 9.17) is 0 Å². The third kappa shape index (κ3) is 1.53. The number of fused-ring (bicyclic) bond motifs is 1. The Labute approximate surface area is 101 Å². The highest BCUT2D eigenvalue weighted by Gasteiger charge is 2.37. The van der Waals surface area contributed by atoms with Gasteiger partial charge in [-0.05, 0) is 5.56 Å². The van der Waals surface area contributed by atoms with E-state index in [1.54, 1.807) is 24.3 Å². The van der Waals surface area contributed by atoms with E-state index in [1.807, 2.05) is 6.07 Å². The Morgan fingerprint density at radius 2 is 1.94 bits per heavy atom.